The monoisotopic (exact) mass is 412 g/mol. The molecule has 1 heterocycles. The zero-order chi connectivity index (χ0) is 22.1. The second-order valence-corrected chi connectivity index (χ2v) is 6.62. The van der Waals surface area contributed by atoms with Gasteiger partial charge in [0.25, 0.3) is 11.5 Å². The van der Waals surface area contributed by atoms with Crippen LogP contribution in [0.3, 0.4) is 0 Å². The molecule has 0 saturated heterocycles. The van der Waals surface area contributed by atoms with Gasteiger partial charge >= 0.3 is 5.69 Å². The predicted molar refractivity (Wildman–Crippen MR) is 119 cm³/mol. The van der Waals surface area contributed by atoms with Crippen molar-refractivity contribution < 1.29 is 9.53 Å². The number of methoxy groups -OCH3 is 1. The predicted octanol–water partition coefficient (Wildman–Crippen LogP) is 2.59. The first kappa shape index (κ1) is 22.7. The summed E-state index contributed by atoms with van der Waals surface area (Å²) in [7, 11) is 1.53. The second-order valence-electron chi connectivity index (χ2n) is 6.62. The van der Waals surface area contributed by atoms with E-state index in [0.717, 1.165) is 6.42 Å². The Morgan fingerprint density at radius 2 is 2.00 bits per heavy atom. The van der Waals surface area contributed by atoms with E-state index in [1.54, 1.807) is 30.4 Å². The number of para-hydroxylation sites is 1. The zero-order valence-corrected chi connectivity index (χ0v) is 17.6. The standard InChI is InChI=1S/C22H28N4O4/c1-4-6-8-13-18(27)26(15-16-11-9-10-12-17(16)30-3)19-20(23)25(14-7-5-2)22(29)24-21(19)28/h4,6,8-13H,5,7,14-15,23H2,1-3H3,(H,24,28,29)/b6-4+,13-8+. The van der Waals surface area contributed by atoms with Crippen LogP contribution in [-0.2, 0) is 17.9 Å². The molecule has 8 heteroatoms. The number of carbonyl (C=O) groups excluding carboxylic acids is 1. The molecule has 30 heavy (non-hydrogen) atoms. The van der Waals surface area contributed by atoms with Crippen molar-refractivity contribution in [2.75, 3.05) is 17.7 Å². The van der Waals surface area contributed by atoms with Gasteiger partial charge in [-0.2, -0.15) is 0 Å². The van der Waals surface area contributed by atoms with E-state index < -0.39 is 17.2 Å². The topological polar surface area (TPSA) is 110 Å². The fourth-order valence-corrected chi connectivity index (χ4v) is 2.99. The summed E-state index contributed by atoms with van der Waals surface area (Å²) in [5, 5.41) is 0. The summed E-state index contributed by atoms with van der Waals surface area (Å²) in [6, 6.07) is 7.19. The molecule has 2 rings (SSSR count). The first-order chi connectivity index (χ1) is 14.4. The number of H-pyrrole nitrogens is 1. The van der Waals surface area contributed by atoms with Gasteiger partial charge < -0.3 is 10.5 Å². The number of amides is 1. The lowest BCUT2D eigenvalue weighted by atomic mass is 10.1. The Morgan fingerprint density at radius 3 is 2.67 bits per heavy atom. The molecule has 0 aliphatic rings. The number of aromatic nitrogens is 2. The van der Waals surface area contributed by atoms with Crippen molar-refractivity contribution in [3.05, 3.63) is 75.0 Å². The molecule has 160 valence electrons. The number of benzene rings is 1. The summed E-state index contributed by atoms with van der Waals surface area (Å²) >= 11 is 0. The van der Waals surface area contributed by atoms with E-state index in [-0.39, 0.29) is 18.1 Å². The molecule has 0 spiro atoms. The zero-order valence-electron chi connectivity index (χ0n) is 17.6. The van der Waals surface area contributed by atoms with E-state index >= 15 is 0 Å². The molecule has 1 aromatic carbocycles. The summed E-state index contributed by atoms with van der Waals surface area (Å²) in [4.78, 5) is 41.5. The summed E-state index contributed by atoms with van der Waals surface area (Å²) in [6.45, 7) is 4.20. The lowest BCUT2D eigenvalue weighted by Gasteiger charge is -2.24. The number of rotatable bonds is 9. The van der Waals surface area contributed by atoms with E-state index in [1.165, 1.54) is 22.7 Å². The van der Waals surface area contributed by atoms with Crippen LogP contribution in [0.15, 0.2) is 58.2 Å². The Balaban J connectivity index is 2.63. The molecule has 0 bridgehead atoms. The van der Waals surface area contributed by atoms with E-state index in [1.807, 2.05) is 26.0 Å². The SMILES string of the molecule is C/C=C/C=C/C(=O)N(Cc1ccccc1OC)c1c(N)n(CCCC)c(=O)[nH]c1=O. The molecule has 1 aromatic heterocycles. The highest BCUT2D eigenvalue weighted by Gasteiger charge is 2.24. The lowest BCUT2D eigenvalue weighted by molar-refractivity contribution is -0.114. The van der Waals surface area contributed by atoms with Gasteiger partial charge in [0.1, 0.15) is 11.6 Å². The maximum atomic E-state index is 13.0. The second kappa shape index (κ2) is 10.8. The number of unbranched alkanes of at least 4 members (excludes halogenated alkanes) is 1. The smallest absolute Gasteiger partial charge is 0.330 e. The van der Waals surface area contributed by atoms with Crippen molar-refractivity contribution in [3.8, 4) is 5.75 Å². The number of nitrogens with one attached hydrogen (secondary N) is 1. The molecular weight excluding hydrogens is 384 g/mol. The molecule has 8 nitrogen and oxygen atoms in total. The Labute approximate surface area is 175 Å². The maximum absolute atomic E-state index is 13.0. The van der Waals surface area contributed by atoms with Crippen LogP contribution in [0.1, 0.15) is 32.3 Å². The third kappa shape index (κ3) is 5.28. The molecule has 0 atom stereocenters. The molecule has 0 fully saturated rings. The molecule has 0 unspecified atom stereocenters. The summed E-state index contributed by atoms with van der Waals surface area (Å²) in [6.07, 6.45) is 7.95. The number of ether oxygens (including phenoxy) is 1. The molecule has 0 aliphatic carbocycles. The van der Waals surface area contributed by atoms with Crippen LogP contribution in [0.4, 0.5) is 11.5 Å². The Bertz CT molecular complexity index is 1050. The highest BCUT2D eigenvalue weighted by molar-refractivity contribution is 6.03. The highest BCUT2D eigenvalue weighted by atomic mass is 16.5. The third-order valence-corrected chi connectivity index (χ3v) is 4.55. The van der Waals surface area contributed by atoms with Gasteiger partial charge in [-0.1, -0.05) is 49.8 Å². The van der Waals surface area contributed by atoms with E-state index in [9.17, 15) is 14.4 Å². The van der Waals surface area contributed by atoms with Gasteiger partial charge in [-0.3, -0.25) is 24.0 Å². The van der Waals surface area contributed by atoms with Crippen LogP contribution in [0.5, 0.6) is 5.75 Å². The van der Waals surface area contributed by atoms with E-state index in [4.69, 9.17) is 10.5 Å². The van der Waals surface area contributed by atoms with Crippen molar-refractivity contribution in [2.24, 2.45) is 0 Å². The van der Waals surface area contributed by atoms with E-state index in [0.29, 0.717) is 24.3 Å². The van der Waals surface area contributed by atoms with Crippen LogP contribution in [0.25, 0.3) is 0 Å². The van der Waals surface area contributed by atoms with Gasteiger partial charge in [-0.25, -0.2) is 4.79 Å². The van der Waals surface area contributed by atoms with Crippen molar-refractivity contribution >= 4 is 17.4 Å². The fraction of sp³-hybridized carbons (Fsp3) is 0.318. The molecule has 0 saturated carbocycles. The Kier molecular flexibility index (Phi) is 8.22. The minimum absolute atomic E-state index is 0.0418. The number of hydrogen-bond donors (Lipinski definition) is 2. The minimum Gasteiger partial charge on any atom is -0.496 e. The quantitative estimate of drug-likeness (QED) is 0.486. The number of carbonyl (C=O) groups is 1. The molecule has 1 amide bonds. The number of aromatic amines is 1. The number of nitrogen functional groups attached to an aromatic ring is 1. The van der Waals surface area contributed by atoms with Gasteiger partial charge in [-0.15, -0.1) is 0 Å². The molecular formula is C22H28N4O4. The Hall–Kier alpha value is -3.55. The van der Waals surface area contributed by atoms with Crippen molar-refractivity contribution in [1.82, 2.24) is 9.55 Å². The number of nitrogens with two attached hydrogens (primary N) is 1. The van der Waals surface area contributed by atoms with Crippen LogP contribution >= 0.6 is 0 Å². The van der Waals surface area contributed by atoms with Gasteiger partial charge in [-0.05, 0) is 19.4 Å². The number of hydrogen-bond acceptors (Lipinski definition) is 5. The van der Waals surface area contributed by atoms with Gasteiger partial charge in [0.05, 0.1) is 13.7 Å². The Morgan fingerprint density at radius 1 is 1.27 bits per heavy atom. The molecule has 2 aromatic rings. The number of nitrogens with zero attached hydrogens (tertiary/aromatic N) is 2. The molecule has 0 aliphatic heterocycles. The first-order valence-electron chi connectivity index (χ1n) is 9.79. The van der Waals surface area contributed by atoms with E-state index in [2.05, 4.69) is 4.98 Å². The van der Waals surface area contributed by atoms with Crippen LogP contribution < -0.4 is 26.6 Å². The summed E-state index contributed by atoms with van der Waals surface area (Å²) < 4.78 is 6.67. The number of anilines is 2. The summed E-state index contributed by atoms with van der Waals surface area (Å²) in [5.41, 5.74) is 5.54. The van der Waals surface area contributed by atoms with Crippen LogP contribution in [0.2, 0.25) is 0 Å². The fourth-order valence-electron chi connectivity index (χ4n) is 2.99. The largest absolute Gasteiger partial charge is 0.496 e. The maximum Gasteiger partial charge on any atom is 0.330 e. The number of allylic oxidation sites excluding steroid dienone is 3. The van der Waals surface area contributed by atoms with Gasteiger partial charge in [0.2, 0.25) is 0 Å². The van der Waals surface area contributed by atoms with Crippen LogP contribution in [0, 0.1) is 0 Å². The summed E-state index contributed by atoms with van der Waals surface area (Å²) in [5.74, 6) is 0.0822. The average Bonchev–Trinajstić information content (AvgIpc) is 2.73. The molecule has 0 radical (unpaired) electrons. The third-order valence-electron chi connectivity index (χ3n) is 4.55. The normalized spacial score (nSPS) is 11.3. The van der Waals surface area contributed by atoms with Crippen molar-refractivity contribution in [3.63, 3.8) is 0 Å². The highest BCUT2D eigenvalue weighted by Crippen LogP contribution is 2.24. The van der Waals surface area contributed by atoms with Gasteiger partial charge in [0, 0.05) is 18.2 Å². The van der Waals surface area contributed by atoms with Gasteiger partial charge in [0.15, 0.2) is 5.69 Å². The lowest BCUT2D eigenvalue weighted by Crippen LogP contribution is -2.40. The molecule has 3 N–H and O–H groups in total. The van der Waals surface area contributed by atoms with Crippen molar-refractivity contribution in [2.45, 2.75) is 39.8 Å². The van der Waals surface area contributed by atoms with Crippen molar-refractivity contribution in [1.29, 1.82) is 0 Å². The first-order valence-corrected chi connectivity index (χ1v) is 9.79. The average molecular weight is 412 g/mol. The minimum atomic E-state index is -0.715. The van der Waals surface area contributed by atoms with Crippen LogP contribution in [-0.4, -0.2) is 22.6 Å².